The largest absolute Gasteiger partial charge is 0.311 e. The summed E-state index contributed by atoms with van der Waals surface area (Å²) in [5, 5.41) is 3.46. The van der Waals surface area contributed by atoms with Crippen molar-refractivity contribution in [1.82, 2.24) is 10.2 Å². The van der Waals surface area contributed by atoms with Gasteiger partial charge in [-0.05, 0) is 63.2 Å². The fourth-order valence-corrected chi connectivity index (χ4v) is 3.82. The maximum atomic E-state index is 13.8. The van der Waals surface area contributed by atoms with Crippen LogP contribution in [0.25, 0.3) is 0 Å². The Morgan fingerprint density at radius 2 is 1.67 bits per heavy atom. The number of benzene rings is 1. The average molecular weight is 294 g/mol. The molecule has 3 heteroatoms. The predicted molar refractivity (Wildman–Crippen MR) is 89.2 cm³/mol. The van der Waals surface area contributed by atoms with E-state index in [9.17, 15) is 4.39 Å². The molecule has 0 radical (unpaired) electrons. The number of rotatable bonds is 8. The van der Waals surface area contributed by atoms with Crippen LogP contribution in [0.5, 0.6) is 0 Å². The van der Waals surface area contributed by atoms with Gasteiger partial charge in [-0.3, -0.25) is 4.90 Å². The van der Waals surface area contributed by atoms with Crippen molar-refractivity contribution < 1.29 is 4.39 Å². The Kier molecular flexibility index (Phi) is 6.82. The van der Waals surface area contributed by atoms with Crippen LogP contribution < -0.4 is 5.32 Å². The molecule has 0 aliphatic rings. The van der Waals surface area contributed by atoms with Crippen LogP contribution in [0.1, 0.15) is 57.7 Å². The lowest BCUT2D eigenvalue weighted by Crippen LogP contribution is -2.55. The van der Waals surface area contributed by atoms with E-state index in [1.54, 1.807) is 12.1 Å². The van der Waals surface area contributed by atoms with Gasteiger partial charge < -0.3 is 5.32 Å². The zero-order valence-corrected chi connectivity index (χ0v) is 14.5. The molecule has 1 rings (SSSR count). The smallest absolute Gasteiger partial charge is 0.123 e. The molecule has 0 aliphatic heterocycles. The summed E-state index contributed by atoms with van der Waals surface area (Å²) < 4.78 is 13.8. The summed E-state index contributed by atoms with van der Waals surface area (Å²) in [5.41, 5.74) is 2.04. The molecule has 1 N–H and O–H groups in total. The molecule has 0 bridgehead atoms. The molecule has 1 aromatic carbocycles. The van der Waals surface area contributed by atoms with Crippen LogP contribution in [-0.2, 0) is 0 Å². The summed E-state index contributed by atoms with van der Waals surface area (Å²) in [5.74, 6) is -0.147. The summed E-state index contributed by atoms with van der Waals surface area (Å²) in [6.45, 7) is 12.8. The van der Waals surface area contributed by atoms with Crippen molar-refractivity contribution in [3.63, 3.8) is 0 Å². The third-order valence-corrected chi connectivity index (χ3v) is 4.84. The van der Waals surface area contributed by atoms with Crippen molar-refractivity contribution >= 4 is 0 Å². The van der Waals surface area contributed by atoms with Crippen LogP contribution in [0.15, 0.2) is 18.2 Å². The molecule has 0 spiro atoms. The van der Waals surface area contributed by atoms with Crippen LogP contribution in [0.2, 0.25) is 0 Å². The number of halogens is 1. The molecule has 1 atom stereocenters. The number of nitrogens with zero attached hydrogens (tertiary/aromatic N) is 1. The minimum absolute atomic E-state index is 0.0124. The molecule has 1 unspecified atom stereocenters. The third kappa shape index (κ3) is 3.64. The standard InChI is InChI=1S/C18H31FN2/c1-7-18(8-2,21(9-3)10-4)17(20-6)15-11-14(5)12-16(19)13-15/h11-13,17,20H,7-10H2,1-6H3. The number of hydrogen-bond donors (Lipinski definition) is 1. The Bertz CT molecular complexity index is 417. The zero-order chi connectivity index (χ0) is 16.0. The van der Waals surface area contributed by atoms with E-state index in [-0.39, 0.29) is 17.4 Å². The molecule has 21 heavy (non-hydrogen) atoms. The molecule has 1 aromatic rings. The second-order valence-electron chi connectivity index (χ2n) is 5.77. The van der Waals surface area contributed by atoms with E-state index in [4.69, 9.17) is 0 Å². The lowest BCUT2D eigenvalue weighted by molar-refractivity contribution is 0.0514. The van der Waals surface area contributed by atoms with Gasteiger partial charge in [0.2, 0.25) is 0 Å². The molecule has 0 heterocycles. The first-order valence-corrected chi connectivity index (χ1v) is 8.18. The maximum absolute atomic E-state index is 13.8. The van der Waals surface area contributed by atoms with Crippen molar-refractivity contribution in [2.24, 2.45) is 0 Å². The molecular weight excluding hydrogens is 263 g/mol. The fraction of sp³-hybridized carbons (Fsp3) is 0.667. The van der Waals surface area contributed by atoms with E-state index < -0.39 is 0 Å². The Balaban J connectivity index is 3.36. The molecule has 0 saturated carbocycles. The van der Waals surface area contributed by atoms with Crippen molar-refractivity contribution in [2.45, 2.75) is 59.0 Å². The van der Waals surface area contributed by atoms with E-state index in [2.05, 4.69) is 44.0 Å². The van der Waals surface area contributed by atoms with Gasteiger partial charge in [-0.1, -0.05) is 33.8 Å². The average Bonchev–Trinajstić information content (AvgIpc) is 2.46. The fourth-order valence-electron chi connectivity index (χ4n) is 3.82. The van der Waals surface area contributed by atoms with Gasteiger partial charge in [0.25, 0.3) is 0 Å². The highest BCUT2D eigenvalue weighted by atomic mass is 19.1. The first-order chi connectivity index (χ1) is 9.98. The molecule has 0 aliphatic carbocycles. The highest BCUT2D eigenvalue weighted by Crippen LogP contribution is 2.37. The van der Waals surface area contributed by atoms with E-state index in [1.807, 2.05) is 14.0 Å². The number of likely N-dealkylation sites (N-methyl/N-ethyl adjacent to an activating group) is 2. The predicted octanol–water partition coefficient (Wildman–Crippen LogP) is 4.30. The van der Waals surface area contributed by atoms with Gasteiger partial charge in [0.1, 0.15) is 5.82 Å². The van der Waals surface area contributed by atoms with E-state index >= 15 is 0 Å². The van der Waals surface area contributed by atoms with Crippen molar-refractivity contribution in [2.75, 3.05) is 20.1 Å². The van der Waals surface area contributed by atoms with Crippen LogP contribution in [-0.4, -0.2) is 30.6 Å². The Morgan fingerprint density at radius 1 is 1.10 bits per heavy atom. The van der Waals surface area contributed by atoms with E-state index in [0.29, 0.717) is 0 Å². The highest BCUT2D eigenvalue weighted by molar-refractivity contribution is 5.29. The minimum Gasteiger partial charge on any atom is -0.311 e. The van der Waals surface area contributed by atoms with Crippen LogP contribution in [0.3, 0.4) is 0 Å². The van der Waals surface area contributed by atoms with Crippen LogP contribution in [0.4, 0.5) is 4.39 Å². The van der Waals surface area contributed by atoms with Gasteiger partial charge in [-0.25, -0.2) is 4.39 Å². The van der Waals surface area contributed by atoms with Gasteiger partial charge in [0.05, 0.1) is 6.04 Å². The third-order valence-electron chi connectivity index (χ3n) is 4.84. The number of nitrogens with one attached hydrogen (secondary N) is 1. The highest BCUT2D eigenvalue weighted by Gasteiger charge is 2.40. The summed E-state index contributed by atoms with van der Waals surface area (Å²) >= 11 is 0. The molecule has 0 saturated heterocycles. The van der Waals surface area contributed by atoms with Gasteiger partial charge in [-0.2, -0.15) is 0 Å². The summed E-state index contributed by atoms with van der Waals surface area (Å²) in [6.07, 6.45) is 2.07. The molecule has 0 amide bonds. The molecular formula is C18H31FN2. The topological polar surface area (TPSA) is 15.3 Å². The van der Waals surface area contributed by atoms with Gasteiger partial charge in [-0.15, -0.1) is 0 Å². The molecule has 0 aromatic heterocycles. The second kappa shape index (κ2) is 7.90. The minimum atomic E-state index is -0.147. The lowest BCUT2D eigenvalue weighted by atomic mass is 9.78. The summed E-state index contributed by atoms with van der Waals surface area (Å²) in [6, 6.07) is 5.50. The molecule has 120 valence electrons. The Hall–Kier alpha value is -0.930. The second-order valence-corrected chi connectivity index (χ2v) is 5.77. The maximum Gasteiger partial charge on any atom is 0.123 e. The molecule has 2 nitrogen and oxygen atoms in total. The van der Waals surface area contributed by atoms with Crippen molar-refractivity contribution in [1.29, 1.82) is 0 Å². The Morgan fingerprint density at radius 3 is 2.05 bits per heavy atom. The SMILES string of the molecule is CCN(CC)C(CC)(CC)C(NC)c1cc(C)cc(F)c1. The van der Waals surface area contributed by atoms with Crippen LogP contribution in [0, 0.1) is 12.7 Å². The summed E-state index contributed by atoms with van der Waals surface area (Å²) in [4.78, 5) is 2.51. The lowest BCUT2D eigenvalue weighted by Gasteiger charge is -2.48. The summed E-state index contributed by atoms with van der Waals surface area (Å²) in [7, 11) is 1.98. The van der Waals surface area contributed by atoms with E-state index in [0.717, 1.165) is 37.1 Å². The number of aryl methyl sites for hydroxylation is 1. The zero-order valence-electron chi connectivity index (χ0n) is 14.5. The van der Waals surface area contributed by atoms with Crippen molar-refractivity contribution in [3.05, 3.63) is 35.1 Å². The van der Waals surface area contributed by atoms with Crippen molar-refractivity contribution in [3.8, 4) is 0 Å². The normalized spacial score (nSPS) is 13.7. The van der Waals surface area contributed by atoms with Gasteiger partial charge in [0, 0.05) is 5.54 Å². The first kappa shape index (κ1) is 18.1. The van der Waals surface area contributed by atoms with Crippen LogP contribution >= 0.6 is 0 Å². The van der Waals surface area contributed by atoms with E-state index in [1.165, 1.54) is 0 Å². The molecule has 0 fully saturated rings. The monoisotopic (exact) mass is 294 g/mol. The quantitative estimate of drug-likeness (QED) is 0.769. The first-order valence-electron chi connectivity index (χ1n) is 8.18. The Labute approximate surface area is 129 Å². The van der Waals surface area contributed by atoms with Gasteiger partial charge in [0.15, 0.2) is 0 Å². The number of hydrogen-bond acceptors (Lipinski definition) is 2. The van der Waals surface area contributed by atoms with Gasteiger partial charge >= 0.3 is 0 Å².